The minimum absolute atomic E-state index is 0.00683. The number of carboxylic acid groups (broad SMARTS) is 1. The lowest BCUT2D eigenvalue weighted by molar-refractivity contribution is -0.140. The largest absolute Gasteiger partial charge is 0.488 e. The molecule has 1 aliphatic heterocycles. The van der Waals surface area contributed by atoms with Crippen LogP contribution in [-0.2, 0) is 16.2 Å². The van der Waals surface area contributed by atoms with Crippen molar-refractivity contribution in [2.24, 2.45) is 0 Å². The quantitative estimate of drug-likeness (QED) is 0.456. The maximum absolute atomic E-state index is 12.2. The molecule has 7 nitrogen and oxygen atoms in total. The number of benzene rings is 2. The number of carbonyl (C=O) groups excluding carboxylic acids is 2. The molecule has 0 atom stereocenters. The molecular formula is C19H13BrCl2N2O5. The van der Waals surface area contributed by atoms with E-state index >= 15 is 0 Å². The predicted molar refractivity (Wildman–Crippen MR) is 111 cm³/mol. The van der Waals surface area contributed by atoms with Crippen molar-refractivity contribution in [3.63, 3.8) is 0 Å². The number of ether oxygens (including phenoxy) is 1. The highest BCUT2D eigenvalue weighted by molar-refractivity contribution is 9.10. The molecule has 0 unspecified atom stereocenters. The molecule has 0 radical (unpaired) electrons. The van der Waals surface area contributed by atoms with Gasteiger partial charge in [0.15, 0.2) is 0 Å². The molecule has 2 N–H and O–H groups in total. The van der Waals surface area contributed by atoms with Crippen LogP contribution in [0.5, 0.6) is 5.75 Å². The minimum atomic E-state index is -1.28. The summed E-state index contributed by atoms with van der Waals surface area (Å²) in [6, 6.07) is 9.53. The van der Waals surface area contributed by atoms with E-state index in [0.717, 1.165) is 5.56 Å². The molecule has 1 saturated heterocycles. The van der Waals surface area contributed by atoms with Crippen molar-refractivity contribution in [2.75, 3.05) is 6.54 Å². The van der Waals surface area contributed by atoms with Crippen LogP contribution >= 0.6 is 39.1 Å². The number of carboxylic acids is 1. The van der Waals surface area contributed by atoms with E-state index in [1.165, 1.54) is 6.08 Å². The van der Waals surface area contributed by atoms with Crippen LogP contribution in [0.15, 0.2) is 46.6 Å². The van der Waals surface area contributed by atoms with Gasteiger partial charge in [0.25, 0.3) is 5.91 Å². The molecule has 29 heavy (non-hydrogen) atoms. The first-order chi connectivity index (χ1) is 13.7. The lowest BCUT2D eigenvalue weighted by atomic mass is 10.2. The molecule has 2 aromatic carbocycles. The zero-order valence-corrected chi connectivity index (χ0v) is 17.7. The Morgan fingerprint density at radius 3 is 2.59 bits per heavy atom. The summed E-state index contributed by atoms with van der Waals surface area (Å²) >= 11 is 15.3. The van der Waals surface area contributed by atoms with Crippen molar-refractivity contribution in [3.8, 4) is 5.75 Å². The summed E-state index contributed by atoms with van der Waals surface area (Å²) in [5.41, 5.74) is 1.45. The van der Waals surface area contributed by atoms with Crippen LogP contribution in [0.1, 0.15) is 11.1 Å². The van der Waals surface area contributed by atoms with Crippen LogP contribution in [0.3, 0.4) is 0 Å². The maximum atomic E-state index is 12.2. The van der Waals surface area contributed by atoms with Crippen LogP contribution in [0.25, 0.3) is 6.08 Å². The first kappa shape index (κ1) is 21.2. The number of nitrogens with zero attached hydrogens (tertiary/aromatic N) is 1. The number of imide groups is 1. The zero-order chi connectivity index (χ0) is 21.1. The number of urea groups is 1. The lowest BCUT2D eigenvalue weighted by Gasteiger charge is -2.10. The highest BCUT2D eigenvalue weighted by Crippen LogP contribution is 2.29. The first-order valence-corrected chi connectivity index (χ1v) is 9.72. The first-order valence-electron chi connectivity index (χ1n) is 8.17. The predicted octanol–water partition coefficient (Wildman–Crippen LogP) is 4.31. The third-order valence-electron chi connectivity index (χ3n) is 3.90. The molecule has 3 rings (SSSR count). The minimum Gasteiger partial charge on any atom is -0.488 e. The van der Waals surface area contributed by atoms with Gasteiger partial charge in [-0.15, -0.1) is 0 Å². The Morgan fingerprint density at radius 1 is 1.17 bits per heavy atom. The summed E-state index contributed by atoms with van der Waals surface area (Å²) in [5, 5.41) is 12.1. The summed E-state index contributed by atoms with van der Waals surface area (Å²) < 4.78 is 6.39. The van der Waals surface area contributed by atoms with Crippen molar-refractivity contribution in [2.45, 2.75) is 6.61 Å². The summed E-state index contributed by atoms with van der Waals surface area (Å²) in [6.07, 6.45) is 1.45. The van der Waals surface area contributed by atoms with Crippen LogP contribution in [0, 0.1) is 0 Å². The van der Waals surface area contributed by atoms with Gasteiger partial charge in [-0.3, -0.25) is 9.59 Å². The van der Waals surface area contributed by atoms with E-state index in [1.807, 2.05) is 0 Å². The average Bonchev–Trinajstić information content (AvgIpc) is 2.91. The Balaban J connectivity index is 1.71. The van der Waals surface area contributed by atoms with Crippen LogP contribution in [-0.4, -0.2) is 34.5 Å². The Labute approximate surface area is 184 Å². The molecule has 0 aliphatic carbocycles. The molecule has 1 fully saturated rings. The Kier molecular flexibility index (Phi) is 6.46. The van der Waals surface area contributed by atoms with E-state index in [2.05, 4.69) is 21.2 Å². The van der Waals surface area contributed by atoms with Crippen LogP contribution < -0.4 is 10.1 Å². The van der Waals surface area contributed by atoms with Crippen molar-refractivity contribution in [1.82, 2.24) is 10.2 Å². The standard InChI is InChI=1S/C19H13BrCl2N2O5/c20-12-5-10(7-15-18(27)24(8-17(25)26)19(28)23-15)2-4-16(12)29-9-11-1-3-13(21)14(22)6-11/h1-7H,8-9H2,(H,23,28)(H,25,26)/b15-7+. The second-order valence-electron chi connectivity index (χ2n) is 6.00. The van der Waals surface area contributed by atoms with Gasteiger partial charge in [0, 0.05) is 0 Å². The third-order valence-corrected chi connectivity index (χ3v) is 5.26. The average molecular weight is 500 g/mol. The Hall–Kier alpha value is -2.55. The number of rotatable bonds is 6. The molecule has 0 spiro atoms. The highest BCUT2D eigenvalue weighted by Gasteiger charge is 2.34. The maximum Gasteiger partial charge on any atom is 0.329 e. The molecule has 1 heterocycles. The van der Waals surface area contributed by atoms with Gasteiger partial charge < -0.3 is 15.2 Å². The number of aliphatic carboxylic acids is 1. The molecule has 0 aromatic heterocycles. The van der Waals surface area contributed by atoms with Crippen molar-refractivity contribution in [3.05, 3.63) is 67.7 Å². The van der Waals surface area contributed by atoms with Crippen LogP contribution in [0.2, 0.25) is 10.0 Å². The summed E-state index contributed by atoms with van der Waals surface area (Å²) in [7, 11) is 0. The van der Waals surface area contributed by atoms with E-state index in [1.54, 1.807) is 36.4 Å². The van der Waals surface area contributed by atoms with E-state index in [4.69, 9.17) is 33.0 Å². The molecule has 0 bridgehead atoms. The molecule has 3 amide bonds. The fourth-order valence-corrected chi connectivity index (χ4v) is 3.36. The number of halogens is 3. The van der Waals surface area contributed by atoms with Gasteiger partial charge in [-0.1, -0.05) is 35.3 Å². The Morgan fingerprint density at radius 2 is 1.93 bits per heavy atom. The zero-order valence-electron chi connectivity index (χ0n) is 14.6. The second-order valence-corrected chi connectivity index (χ2v) is 7.67. The topological polar surface area (TPSA) is 95.9 Å². The summed E-state index contributed by atoms with van der Waals surface area (Å²) in [6.45, 7) is -0.429. The van der Waals surface area contributed by atoms with E-state index in [-0.39, 0.29) is 12.3 Å². The highest BCUT2D eigenvalue weighted by atomic mass is 79.9. The second kappa shape index (κ2) is 8.86. The number of hydrogen-bond donors (Lipinski definition) is 2. The molecule has 1 aliphatic rings. The van der Waals surface area contributed by atoms with Crippen molar-refractivity contribution >= 4 is 63.1 Å². The molecule has 150 valence electrons. The van der Waals surface area contributed by atoms with Gasteiger partial charge in [0.2, 0.25) is 0 Å². The van der Waals surface area contributed by atoms with Gasteiger partial charge in [-0.25, -0.2) is 9.69 Å². The van der Waals surface area contributed by atoms with Gasteiger partial charge in [-0.05, 0) is 57.4 Å². The summed E-state index contributed by atoms with van der Waals surface area (Å²) in [5.74, 6) is -1.41. The number of carbonyl (C=O) groups is 3. The lowest BCUT2D eigenvalue weighted by Crippen LogP contribution is -2.35. The summed E-state index contributed by atoms with van der Waals surface area (Å²) in [4.78, 5) is 35.3. The number of nitrogens with one attached hydrogen (secondary N) is 1. The smallest absolute Gasteiger partial charge is 0.329 e. The third kappa shape index (κ3) is 5.09. The van der Waals surface area contributed by atoms with E-state index < -0.39 is 24.5 Å². The molecular weight excluding hydrogens is 487 g/mol. The molecule has 10 heteroatoms. The SMILES string of the molecule is O=C(O)CN1C(=O)N/C(=C/c2ccc(OCc3ccc(Cl)c(Cl)c3)c(Br)c2)C1=O. The van der Waals surface area contributed by atoms with Gasteiger partial charge in [0.05, 0.1) is 14.5 Å². The normalized spacial score (nSPS) is 15.0. The number of hydrogen-bond acceptors (Lipinski definition) is 4. The van der Waals surface area contributed by atoms with Crippen molar-refractivity contribution < 1.29 is 24.2 Å². The monoisotopic (exact) mass is 498 g/mol. The van der Waals surface area contributed by atoms with Gasteiger partial charge in [0.1, 0.15) is 24.6 Å². The number of amides is 3. The van der Waals surface area contributed by atoms with Crippen molar-refractivity contribution in [1.29, 1.82) is 0 Å². The Bertz CT molecular complexity index is 1040. The van der Waals surface area contributed by atoms with Gasteiger partial charge in [-0.2, -0.15) is 0 Å². The molecule has 0 saturated carbocycles. The fraction of sp³-hybridized carbons (Fsp3) is 0.105. The molecule has 2 aromatic rings. The van der Waals surface area contributed by atoms with E-state index in [9.17, 15) is 14.4 Å². The van der Waals surface area contributed by atoms with Crippen LogP contribution in [0.4, 0.5) is 4.79 Å². The van der Waals surface area contributed by atoms with E-state index in [0.29, 0.717) is 30.7 Å². The van der Waals surface area contributed by atoms with Gasteiger partial charge >= 0.3 is 12.0 Å². The fourth-order valence-electron chi connectivity index (χ4n) is 2.53.